The molecule has 0 saturated heterocycles. The quantitative estimate of drug-likeness (QED) is 0.863. The van der Waals surface area contributed by atoms with Crippen LogP contribution in [-0.4, -0.2) is 22.0 Å². The van der Waals surface area contributed by atoms with Crippen molar-refractivity contribution >= 4 is 28.4 Å². The first kappa shape index (κ1) is 11.3. The first-order valence-corrected chi connectivity index (χ1v) is 5.09. The Morgan fingerprint density at radius 2 is 1.94 bits per heavy atom. The van der Waals surface area contributed by atoms with Crippen LogP contribution in [0.3, 0.4) is 0 Å². The van der Waals surface area contributed by atoms with E-state index in [0.717, 1.165) is 5.56 Å². The highest BCUT2D eigenvalue weighted by Crippen LogP contribution is 2.24. The van der Waals surface area contributed by atoms with E-state index in [1.807, 2.05) is 0 Å². The molecule has 6 nitrogen and oxygen atoms in total. The predicted octanol–water partition coefficient (Wildman–Crippen LogP) is 1.31. The lowest BCUT2D eigenvalue weighted by Gasteiger charge is -2.04. The molecule has 0 radical (unpaired) electrons. The number of carbonyl (C=O) groups is 2. The molecule has 0 aliphatic heterocycles. The fourth-order valence-corrected chi connectivity index (χ4v) is 1.62. The highest BCUT2D eigenvalue weighted by Gasteiger charge is 2.13. The van der Waals surface area contributed by atoms with Gasteiger partial charge in [-0.25, -0.2) is 4.63 Å². The van der Waals surface area contributed by atoms with Crippen LogP contribution in [0.5, 0.6) is 0 Å². The predicted molar refractivity (Wildman–Crippen MR) is 60.5 cm³/mol. The molecule has 1 heterocycles. The molecule has 0 aliphatic carbocycles. The number of hydrogen-bond acceptors (Lipinski definition) is 5. The van der Waals surface area contributed by atoms with Crippen LogP contribution in [0.25, 0.3) is 11.0 Å². The van der Waals surface area contributed by atoms with E-state index < -0.39 is 0 Å². The molecule has 2 aromatic rings. The molecule has 0 spiro atoms. The molecule has 0 atom stereocenters. The van der Waals surface area contributed by atoms with Crippen molar-refractivity contribution in [3.05, 3.63) is 17.7 Å². The molecule has 6 heteroatoms. The van der Waals surface area contributed by atoms with Gasteiger partial charge in [-0.05, 0) is 28.9 Å². The Labute approximate surface area is 96.9 Å². The zero-order chi connectivity index (χ0) is 12.4. The van der Waals surface area contributed by atoms with E-state index in [0.29, 0.717) is 16.7 Å². The number of Topliss-reactive ketones (excluding diaryl/α,β-unsaturated/α-hetero) is 1. The van der Waals surface area contributed by atoms with Gasteiger partial charge in [0.1, 0.15) is 11.3 Å². The fourth-order valence-electron chi connectivity index (χ4n) is 1.62. The van der Waals surface area contributed by atoms with Crippen molar-refractivity contribution in [1.82, 2.24) is 10.3 Å². The maximum absolute atomic E-state index is 11.1. The third-order valence-electron chi connectivity index (χ3n) is 2.25. The van der Waals surface area contributed by atoms with Crippen LogP contribution in [0.2, 0.25) is 0 Å². The first-order valence-electron chi connectivity index (χ1n) is 5.09. The number of fused-ring (bicyclic) bond motifs is 1. The second-order valence-electron chi connectivity index (χ2n) is 3.79. The summed E-state index contributed by atoms with van der Waals surface area (Å²) >= 11 is 0. The van der Waals surface area contributed by atoms with E-state index in [1.165, 1.54) is 13.8 Å². The summed E-state index contributed by atoms with van der Waals surface area (Å²) in [7, 11) is 0. The highest BCUT2D eigenvalue weighted by atomic mass is 16.6. The lowest BCUT2D eigenvalue weighted by Crippen LogP contribution is -2.07. The summed E-state index contributed by atoms with van der Waals surface area (Å²) in [5.41, 5.74) is 2.23. The summed E-state index contributed by atoms with van der Waals surface area (Å²) in [5, 5.41) is 10.1. The second kappa shape index (κ2) is 4.32. The standard InChI is InChI=1S/C11H11N3O3/c1-6(15)5-8-3-4-9(12-7(2)16)11-10(8)13-17-14-11/h3-4H,5H2,1-2H3,(H,12,16). The SMILES string of the molecule is CC(=O)Cc1ccc(NC(C)=O)c2nonc12. The third-order valence-corrected chi connectivity index (χ3v) is 2.25. The number of rotatable bonds is 3. The van der Waals surface area contributed by atoms with E-state index in [-0.39, 0.29) is 18.1 Å². The van der Waals surface area contributed by atoms with Crippen LogP contribution < -0.4 is 5.32 Å². The van der Waals surface area contributed by atoms with Gasteiger partial charge in [-0.3, -0.25) is 9.59 Å². The van der Waals surface area contributed by atoms with Gasteiger partial charge in [0.05, 0.1) is 5.69 Å². The van der Waals surface area contributed by atoms with Crippen LogP contribution in [0.15, 0.2) is 16.8 Å². The van der Waals surface area contributed by atoms with Crippen molar-refractivity contribution in [3.63, 3.8) is 0 Å². The highest BCUT2D eigenvalue weighted by molar-refractivity contribution is 5.99. The summed E-state index contributed by atoms with van der Waals surface area (Å²) in [6.45, 7) is 2.91. The molecule has 1 aromatic heterocycles. The minimum atomic E-state index is -0.200. The number of carbonyl (C=O) groups excluding carboxylic acids is 2. The largest absolute Gasteiger partial charge is 0.324 e. The molecule has 0 bridgehead atoms. The van der Waals surface area contributed by atoms with E-state index >= 15 is 0 Å². The molecule has 1 aromatic carbocycles. The third kappa shape index (κ3) is 2.30. The van der Waals surface area contributed by atoms with E-state index in [1.54, 1.807) is 12.1 Å². The molecule has 0 unspecified atom stereocenters. The number of amides is 1. The summed E-state index contributed by atoms with van der Waals surface area (Å²) in [5.74, 6) is -0.171. The van der Waals surface area contributed by atoms with Crippen molar-refractivity contribution < 1.29 is 14.2 Å². The topological polar surface area (TPSA) is 85.1 Å². The summed E-state index contributed by atoms with van der Waals surface area (Å²) in [4.78, 5) is 22.1. The van der Waals surface area contributed by atoms with Gasteiger partial charge in [-0.15, -0.1) is 0 Å². The number of hydrogen-bond donors (Lipinski definition) is 1. The minimum Gasteiger partial charge on any atom is -0.324 e. The minimum absolute atomic E-state index is 0.0292. The number of nitrogens with one attached hydrogen (secondary N) is 1. The van der Waals surface area contributed by atoms with Gasteiger partial charge in [-0.2, -0.15) is 0 Å². The smallest absolute Gasteiger partial charge is 0.221 e. The van der Waals surface area contributed by atoms with Crippen molar-refractivity contribution in [1.29, 1.82) is 0 Å². The average Bonchev–Trinajstić information content (AvgIpc) is 2.69. The second-order valence-corrected chi connectivity index (χ2v) is 3.79. The number of aromatic nitrogens is 2. The van der Waals surface area contributed by atoms with E-state index in [2.05, 4.69) is 20.3 Å². The Morgan fingerprint density at radius 1 is 1.24 bits per heavy atom. The fraction of sp³-hybridized carbons (Fsp3) is 0.273. The molecular weight excluding hydrogens is 222 g/mol. The number of benzene rings is 1. The lowest BCUT2D eigenvalue weighted by molar-refractivity contribution is -0.116. The van der Waals surface area contributed by atoms with Crippen molar-refractivity contribution in [2.45, 2.75) is 20.3 Å². The van der Waals surface area contributed by atoms with Gasteiger partial charge in [0.25, 0.3) is 0 Å². The van der Waals surface area contributed by atoms with E-state index in [4.69, 9.17) is 0 Å². The Morgan fingerprint density at radius 3 is 2.59 bits per heavy atom. The maximum Gasteiger partial charge on any atom is 0.221 e. The summed E-state index contributed by atoms with van der Waals surface area (Å²) in [6.07, 6.45) is 0.269. The molecule has 0 aliphatic rings. The van der Waals surface area contributed by atoms with Crippen LogP contribution in [-0.2, 0) is 16.0 Å². The first-order chi connectivity index (χ1) is 8.08. The molecule has 2 rings (SSSR count). The van der Waals surface area contributed by atoms with Gasteiger partial charge >= 0.3 is 0 Å². The molecule has 1 amide bonds. The van der Waals surface area contributed by atoms with Crippen molar-refractivity contribution in [3.8, 4) is 0 Å². The Hall–Kier alpha value is -2.24. The van der Waals surface area contributed by atoms with Gasteiger partial charge < -0.3 is 5.32 Å². The molecule has 0 saturated carbocycles. The lowest BCUT2D eigenvalue weighted by atomic mass is 10.1. The molecular formula is C11H11N3O3. The molecule has 17 heavy (non-hydrogen) atoms. The van der Waals surface area contributed by atoms with Crippen molar-refractivity contribution in [2.24, 2.45) is 0 Å². The maximum atomic E-state index is 11.1. The molecule has 1 N–H and O–H groups in total. The molecule has 88 valence electrons. The Bertz CT molecular complexity index is 539. The van der Waals surface area contributed by atoms with Gasteiger partial charge in [-0.1, -0.05) is 6.07 Å². The van der Waals surface area contributed by atoms with Crippen LogP contribution in [0.4, 0.5) is 5.69 Å². The monoisotopic (exact) mass is 233 g/mol. The average molecular weight is 233 g/mol. The zero-order valence-electron chi connectivity index (χ0n) is 9.48. The van der Waals surface area contributed by atoms with E-state index in [9.17, 15) is 9.59 Å². The summed E-state index contributed by atoms with van der Waals surface area (Å²) in [6, 6.07) is 3.42. The number of ketones is 1. The van der Waals surface area contributed by atoms with Gasteiger partial charge in [0, 0.05) is 13.3 Å². The van der Waals surface area contributed by atoms with Crippen LogP contribution in [0.1, 0.15) is 19.4 Å². The zero-order valence-corrected chi connectivity index (χ0v) is 9.48. The Balaban J connectivity index is 2.50. The number of nitrogens with zero attached hydrogens (tertiary/aromatic N) is 2. The van der Waals surface area contributed by atoms with Gasteiger partial charge in [0.2, 0.25) is 5.91 Å². The Kier molecular flexibility index (Phi) is 2.86. The number of anilines is 1. The molecule has 0 fully saturated rings. The summed E-state index contributed by atoms with van der Waals surface area (Å²) < 4.78 is 4.65. The van der Waals surface area contributed by atoms with Crippen LogP contribution >= 0.6 is 0 Å². The van der Waals surface area contributed by atoms with Crippen LogP contribution in [0, 0.1) is 0 Å². The van der Waals surface area contributed by atoms with Gasteiger partial charge in [0.15, 0.2) is 5.52 Å². The van der Waals surface area contributed by atoms with Crippen molar-refractivity contribution in [2.75, 3.05) is 5.32 Å². The normalized spacial score (nSPS) is 10.5.